The molecule has 0 radical (unpaired) electrons. The van der Waals surface area contributed by atoms with Crippen molar-refractivity contribution in [2.75, 3.05) is 7.11 Å². The highest BCUT2D eigenvalue weighted by Crippen LogP contribution is 2.34. The van der Waals surface area contributed by atoms with Crippen molar-refractivity contribution in [2.45, 2.75) is 12.8 Å². The van der Waals surface area contributed by atoms with Crippen molar-refractivity contribution in [3.05, 3.63) is 22.2 Å². The number of aryl methyl sites for hydroxylation is 1. The highest BCUT2D eigenvalue weighted by molar-refractivity contribution is 9.10. The van der Waals surface area contributed by atoms with Crippen LogP contribution in [0.2, 0.25) is 0 Å². The molecule has 4 heteroatoms. The molecule has 0 amide bonds. The first kappa shape index (κ1) is 10.9. The molecule has 1 aromatic rings. The minimum absolute atomic E-state index is 0.136. The van der Waals surface area contributed by atoms with Crippen LogP contribution in [-0.2, 0) is 6.42 Å². The minimum Gasteiger partial charge on any atom is -0.507 e. The molecule has 0 aliphatic rings. The molecule has 0 bridgehead atoms. The van der Waals surface area contributed by atoms with Gasteiger partial charge >= 0.3 is 0 Å². The van der Waals surface area contributed by atoms with Crippen LogP contribution in [0.5, 0.6) is 11.5 Å². The highest BCUT2D eigenvalue weighted by atomic mass is 79.9. The molecule has 14 heavy (non-hydrogen) atoms. The van der Waals surface area contributed by atoms with Crippen LogP contribution in [0.1, 0.15) is 12.0 Å². The number of nitriles is 1. The van der Waals surface area contributed by atoms with E-state index in [4.69, 9.17) is 10.00 Å². The number of hydrogen-bond acceptors (Lipinski definition) is 3. The fourth-order valence-corrected chi connectivity index (χ4v) is 1.52. The highest BCUT2D eigenvalue weighted by Gasteiger charge is 2.07. The lowest BCUT2D eigenvalue weighted by Crippen LogP contribution is -1.89. The lowest BCUT2D eigenvalue weighted by atomic mass is 10.1. The Kier molecular flexibility index (Phi) is 3.78. The fourth-order valence-electron chi connectivity index (χ4n) is 1.13. The van der Waals surface area contributed by atoms with E-state index in [0.717, 1.165) is 5.56 Å². The van der Waals surface area contributed by atoms with Gasteiger partial charge in [-0.1, -0.05) is 0 Å². The molecular formula is C10H10BrNO2. The number of benzene rings is 1. The minimum atomic E-state index is 0.136. The molecule has 0 atom stereocenters. The van der Waals surface area contributed by atoms with Gasteiger partial charge in [-0.2, -0.15) is 5.26 Å². The van der Waals surface area contributed by atoms with E-state index in [9.17, 15) is 5.11 Å². The van der Waals surface area contributed by atoms with Gasteiger partial charge in [0.05, 0.1) is 13.2 Å². The summed E-state index contributed by atoms with van der Waals surface area (Å²) in [5.74, 6) is 0.718. The third-order valence-corrected chi connectivity index (χ3v) is 2.62. The maximum Gasteiger partial charge on any atom is 0.137 e. The maximum absolute atomic E-state index is 9.50. The zero-order valence-electron chi connectivity index (χ0n) is 7.75. The number of hydrogen-bond donors (Lipinski definition) is 1. The van der Waals surface area contributed by atoms with E-state index in [1.165, 1.54) is 7.11 Å². The van der Waals surface area contributed by atoms with Gasteiger partial charge in [-0.05, 0) is 40.0 Å². The number of ether oxygens (including phenoxy) is 1. The van der Waals surface area contributed by atoms with Crippen molar-refractivity contribution in [2.24, 2.45) is 0 Å². The number of aromatic hydroxyl groups is 1. The maximum atomic E-state index is 9.50. The summed E-state index contributed by atoms with van der Waals surface area (Å²) >= 11 is 3.20. The van der Waals surface area contributed by atoms with Gasteiger partial charge < -0.3 is 9.84 Å². The summed E-state index contributed by atoms with van der Waals surface area (Å²) < 4.78 is 5.60. The van der Waals surface area contributed by atoms with Crippen LogP contribution in [0.3, 0.4) is 0 Å². The van der Waals surface area contributed by atoms with E-state index in [-0.39, 0.29) is 5.75 Å². The lowest BCUT2D eigenvalue weighted by molar-refractivity contribution is 0.402. The Labute approximate surface area is 91.1 Å². The number of rotatable bonds is 3. The predicted molar refractivity (Wildman–Crippen MR) is 56.3 cm³/mol. The van der Waals surface area contributed by atoms with Crippen molar-refractivity contribution in [3.63, 3.8) is 0 Å². The van der Waals surface area contributed by atoms with Crippen LogP contribution in [0, 0.1) is 11.3 Å². The van der Waals surface area contributed by atoms with E-state index in [1.54, 1.807) is 12.1 Å². The Morgan fingerprint density at radius 3 is 2.86 bits per heavy atom. The van der Waals surface area contributed by atoms with E-state index >= 15 is 0 Å². The zero-order valence-corrected chi connectivity index (χ0v) is 9.34. The first-order valence-electron chi connectivity index (χ1n) is 4.11. The average Bonchev–Trinajstić information content (AvgIpc) is 2.19. The molecule has 74 valence electrons. The van der Waals surface area contributed by atoms with Crippen molar-refractivity contribution in [3.8, 4) is 17.6 Å². The van der Waals surface area contributed by atoms with Gasteiger partial charge in [-0.25, -0.2) is 0 Å². The number of phenols is 1. The summed E-state index contributed by atoms with van der Waals surface area (Å²) in [6.07, 6.45) is 1.05. The quantitative estimate of drug-likeness (QED) is 0.904. The molecular weight excluding hydrogens is 246 g/mol. The van der Waals surface area contributed by atoms with Gasteiger partial charge in [0.2, 0.25) is 0 Å². The van der Waals surface area contributed by atoms with Crippen LogP contribution in [0.15, 0.2) is 16.6 Å². The monoisotopic (exact) mass is 255 g/mol. The Morgan fingerprint density at radius 1 is 1.57 bits per heavy atom. The second-order valence-corrected chi connectivity index (χ2v) is 3.58. The largest absolute Gasteiger partial charge is 0.507 e. The van der Waals surface area contributed by atoms with Crippen molar-refractivity contribution >= 4 is 15.9 Å². The number of halogens is 1. The SMILES string of the molecule is COc1cc(CCC#N)cc(O)c1Br. The van der Waals surface area contributed by atoms with Gasteiger partial charge in [0, 0.05) is 6.42 Å². The Hall–Kier alpha value is -1.21. The molecule has 1 rings (SSSR count). The summed E-state index contributed by atoms with van der Waals surface area (Å²) in [4.78, 5) is 0. The zero-order chi connectivity index (χ0) is 10.6. The van der Waals surface area contributed by atoms with Gasteiger partial charge in [0.1, 0.15) is 16.0 Å². The molecule has 0 aliphatic heterocycles. The van der Waals surface area contributed by atoms with E-state index in [2.05, 4.69) is 22.0 Å². The van der Waals surface area contributed by atoms with Gasteiger partial charge in [-0.3, -0.25) is 0 Å². The molecule has 0 saturated carbocycles. The van der Waals surface area contributed by atoms with E-state index in [0.29, 0.717) is 23.1 Å². The topological polar surface area (TPSA) is 53.2 Å². The summed E-state index contributed by atoms with van der Waals surface area (Å²) in [7, 11) is 1.54. The third-order valence-electron chi connectivity index (χ3n) is 1.83. The fraction of sp³-hybridized carbons (Fsp3) is 0.300. The van der Waals surface area contributed by atoms with Crippen molar-refractivity contribution in [1.82, 2.24) is 0 Å². The molecule has 3 nitrogen and oxygen atoms in total. The van der Waals surface area contributed by atoms with Crippen LogP contribution >= 0.6 is 15.9 Å². The van der Waals surface area contributed by atoms with Crippen LogP contribution in [0.25, 0.3) is 0 Å². The summed E-state index contributed by atoms with van der Waals surface area (Å²) in [5, 5.41) is 17.9. The first-order valence-corrected chi connectivity index (χ1v) is 4.90. The molecule has 0 heterocycles. The number of phenolic OH excluding ortho intramolecular Hbond substituents is 1. The van der Waals surface area contributed by atoms with Crippen LogP contribution < -0.4 is 4.74 Å². The van der Waals surface area contributed by atoms with E-state index in [1.807, 2.05) is 0 Å². The lowest BCUT2D eigenvalue weighted by Gasteiger charge is -2.07. The molecule has 0 aromatic heterocycles. The summed E-state index contributed by atoms with van der Waals surface area (Å²) in [6, 6.07) is 5.49. The van der Waals surface area contributed by atoms with Crippen LogP contribution in [0.4, 0.5) is 0 Å². The second kappa shape index (κ2) is 4.87. The number of nitrogens with zero attached hydrogens (tertiary/aromatic N) is 1. The Bertz CT molecular complexity index is 371. The molecule has 1 aromatic carbocycles. The second-order valence-electron chi connectivity index (χ2n) is 2.79. The molecule has 0 fully saturated rings. The third kappa shape index (κ3) is 2.39. The van der Waals surface area contributed by atoms with Crippen LogP contribution in [-0.4, -0.2) is 12.2 Å². The Balaban J connectivity index is 2.98. The predicted octanol–water partition coefficient (Wildman–Crippen LogP) is 2.62. The smallest absolute Gasteiger partial charge is 0.137 e. The normalized spacial score (nSPS) is 9.50. The van der Waals surface area contributed by atoms with Gasteiger partial charge in [0.15, 0.2) is 0 Å². The standard InChI is InChI=1S/C10H10BrNO2/c1-14-9-6-7(3-2-4-12)5-8(13)10(9)11/h5-6,13H,2-3H2,1H3. The van der Waals surface area contributed by atoms with Crippen molar-refractivity contribution < 1.29 is 9.84 Å². The van der Waals surface area contributed by atoms with Crippen molar-refractivity contribution in [1.29, 1.82) is 5.26 Å². The Morgan fingerprint density at radius 2 is 2.29 bits per heavy atom. The molecule has 1 N–H and O–H groups in total. The first-order chi connectivity index (χ1) is 6.69. The molecule has 0 saturated heterocycles. The number of methoxy groups -OCH3 is 1. The van der Waals surface area contributed by atoms with Gasteiger partial charge in [0.25, 0.3) is 0 Å². The van der Waals surface area contributed by atoms with Gasteiger partial charge in [-0.15, -0.1) is 0 Å². The summed E-state index contributed by atoms with van der Waals surface area (Å²) in [5.41, 5.74) is 0.893. The molecule has 0 unspecified atom stereocenters. The van der Waals surface area contributed by atoms with E-state index < -0.39 is 0 Å². The summed E-state index contributed by atoms with van der Waals surface area (Å²) in [6.45, 7) is 0. The average molecular weight is 256 g/mol. The molecule has 0 spiro atoms. The molecule has 0 aliphatic carbocycles.